The van der Waals surface area contributed by atoms with Crippen LogP contribution in [-0.4, -0.2) is 9.97 Å². The summed E-state index contributed by atoms with van der Waals surface area (Å²) in [6.45, 7) is 1.82. The van der Waals surface area contributed by atoms with E-state index in [1.807, 2.05) is 13.0 Å². The van der Waals surface area contributed by atoms with Crippen molar-refractivity contribution in [3.63, 3.8) is 0 Å². The Morgan fingerprint density at radius 1 is 1.18 bits per heavy atom. The highest BCUT2D eigenvalue weighted by Crippen LogP contribution is 2.26. The molecule has 2 aromatic rings. The molecule has 0 spiro atoms. The van der Waals surface area contributed by atoms with Crippen LogP contribution in [0.15, 0.2) is 30.5 Å². The first-order valence-corrected chi connectivity index (χ1v) is 5.83. The summed E-state index contributed by atoms with van der Waals surface area (Å²) < 4.78 is 0. The second-order valence-corrected chi connectivity index (χ2v) is 4.49. The lowest BCUT2D eigenvalue weighted by Crippen LogP contribution is -2.14. The summed E-state index contributed by atoms with van der Waals surface area (Å²) in [7, 11) is 0. The minimum atomic E-state index is -0.327. The summed E-state index contributed by atoms with van der Waals surface area (Å²) in [5.74, 6) is 0.693. The monoisotopic (exact) mass is 267 g/mol. The number of halogens is 2. The van der Waals surface area contributed by atoms with E-state index in [2.05, 4.69) is 9.97 Å². The predicted octanol–water partition coefficient (Wildman–Crippen LogP) is 3.14. The minimum absolute atomic E-state index is 0.327. The molecule has 0 saturated heterocycles. The molecule has 0 amide bonds. The second kappa shape index (κ2) is 5.00. The zero-order valence-electron chi connectivity index (χ0n) is 9.19. The lowest BCUT2D eigenvalue weighted by Gasteiger charge is -2.12. The van der Waals surface area contributed by atoms with Gasteiger partial charge in [-0.3, -0.25) is 0 Å². The van der Waals surface area contributed by atoms with E-state index in [-0.39, 0.29) is 6.04 Å². The Hall–Kier alpha value is -1.16. The molecule has 1 aromatic heterocycles. The maximum Gasteiger partial charge on any atom is 0.125 e. The SMILES string of the molecule is Cc1nccc(C(N)c2ccc(Cl)c(Cl)c2)n1. The molecule has 1 atom stereocenters. The molecule has 1 unspecified atom stereocenters. The third-order valence-electron chi connectivity index (χ3n) is 2.42. The van der Waals surface area contributed by atoms with E-state index in [9.17, 15) is 0 Å². The molecule has 2 rings (SSSR count). The van der Waals surface area contributed by atoms with Crippen molar-refractivity contribution in [1.82, 2.24) is 9.97 Å². The molecule has 0 aliphatic heterocycles. The Balaban J connectivity index is 2.36. The number of aromatic nitrogens is 2. The minimum Gasteiger partial charge on any atom is -0.319 e. The summed E-state index contributed by atoms with van der Waals surface area (Å²) >= 11 is 11.8. The first kappa shape index (κ1) is 12.3. The van der Waals surface area contributed by atoms with Crippen LogP contribution in [0.4, 0.5) is 0 Å². The van der Waals surface area contributed by atoms with Crippen molar-refractivity contribution < 1.29 is 0 Å². The van der Waals surface area contributed by atoms with Crippen LogP contribution >= 0.6 is 23.2 Å². The zero-order chi connectivity index (χ0) is 12.4. The van der Waals surface area contributed by atoms with Gasteiger partial charge in [-0.15, -0.1) is 0 Å². The molecule has 3 nitrogen and oxygen atoms in total. The van der Waals surface area contributed by atoms with Crippen LogP contribution < -0.4 is 5.73 Å². The number of benzene rings is 1. The van der Waals surface area contributed by atoms with Crippen molar-refractivity contribution in [1.29, 1.82) is 0 Å². The number of aryl methyl sites for hydroxylation is 1. The van der Waals surface area contributed by atoms with E-state index in [1.54, 1.807) is 24.4 Å². The topological polar surface area (TPSA) is 51.8 Å². The molecule has 1 aromatic carbocycles. The number of nitrogens with two attached hydrogens (primary N) is 1. The van der Waals surface area contributed by atoms with Gasteiger partial charge in [0, 0.05) is 6.20 Å². The average Bonchev–Trinajstić information content (AvgIpc) is 2.32. The van der Waals surface area contributed by atoms with Gasteiger partial charge in [0.1, 0.15) is 5.82 Å². The normalized spacial score (nSPS) is 12.5. The molecule has 0 fully saturated rings. The van der Waals surface area contributed by atoms with Gasteiger partial charge in [0.15, 0.2) is 0 Å². The fraction of sp³-hybridized carbons (Fsp3) is 0.167. The molecule has 0 radical (unpaired) electrons. The molecule has 0 aliphatic rings. The maximum atomic E-state index is 6.11. The van der Waals surface area contributed by atoms with E-state index in [1.165, 1.54) is 0 Å². The highest BCUT2D eigenvalue weighted by Gasteiger charge is 2.12. The average molecular weight is 268 g/mol. The van der Waals surface area contributed by atoms with Crippen LogP contribution in [0.5, 0.6) is 0 Å². The molecule has 1 heterocycles. The van der Waals surface area contributed by atoms with Gasteiger partial charge in [-0.25, -0.2) is 9.97 Å². The van der Waals surface area contributed by atoms with Gasteiger partial charge in [-0.05, 0) is 30.7 Å². The van der Waals surface area contributed by atoms with Crippen molar-refractivity contribution in [2.45, 2.75) is 13.0 Å². The van der Waals surface area contributed by atoms with Gasteiger partial charge in [-0.1, -0.05) is 29.3 Å². The van der Waals surface area contributed by atoms with Crippen molar-refractivity contribution in [2.75, 3.05) is 0 Å². The predicted molar refractivity (Wildman–Crippen MR) is 69.3 cm³/mol. The van der Waals surface area contributed by atoms with Crippen molar-refractivity contribution in [3.8, 4) is 0 Å². The van der Waals surface area contributed by atoms with E-state index in [0.717, 1.165) is 11.3 Å². The van der Waals surface area contributed by atoms with Gasteiger partial charge in [0.05, 0.1) is 21.8 Å². The van der Waals surface area contributed by atoms with Crippen LogP contribution in [0.2, 0.25) is 10.0 Å². The van der Waals surface area contributed by atoms with Crippen molar-refractivity contribution >= 4 is 23.2 Å². The van der Waals surface area contributed by atoms with Crippen LogP contribution in [0.3, 0.4) is 0 Å². The second-order valence-electron chi connectivity index (χ2n) is 3.68. The third kappa shape index (κ3) is 2.75. The Morgan fingerprint density at radius 3 is 2.59 bits per heavy atom. The fourth-order valence-corrected chi connectivity index (χ4v) is 1.83. The van der Waals surface area contributed by atoms with Gasteiger partial charge < -0.3 is 5.73 Å². The zero-order valence-corrected chi connectivity index (χ0v) is 10.7. The number of nitrogens with zero attached hydrogens (tertiary/aromatic N) is 2. The molecular weight excluding hydrogens is 257 g/mol. The highest BCUT2D eigenvalue weighted by molar-refractivity contribution is 6.42. The van der Waals surface area contributed by atoms with Crippen LogP contribution in [0.25, 0.3) is 0 Å². The number of rotatable bonds is 2. The Labute approximate surface area is 110 Å². The summed E-state index contributed by atoms with van der Waals surface area (Å²) in [6.07, 6.45) is 1.69. The molecule has 5 heteroatoms. The molecule has 0 aliphatic carbocycles. The summed E-state index contributed by atoms with van der Waals surface area (Å²) in [5.41, 5.74) is 7.74. The smallest absolute Gasteiger partial charge is 0.125 e. The van der Waals surface area contributed by atoms with E-state index < -0.39 is 0 Å². The molecular formula is C12H11Cl2N3. The maximum absolute atomic E-state index is 6.11. The summed E-state index contributed by atoms with van der Waals surface area (Å²) in [6, 6.07) is 6.79. The van der Waals surface area contributed by atoms with Crippen LogP contribution in [0.1, 0.15) is 23.1 Å². The van der Waals surface area contributed by atoms with Crippen molar-refractivity contribution in [2.24, 2.45) is 5.73 Å². The quantitative estimate of drug-likeness (QED) is 0.910. The van der Waals surface area contributed by atoms with E-state index in [4.69, 9.17) is 28.9 Å². The van der Waals surface area contributed by atoms with Gasteiger partial charge in [-0.2, -0.15) is 0 Å². The molecule has 0 bridgehead atoms. The van der Waals surface area contributed by atoms with E-state index in [0.29, 0.717) is 15.9 Å². The van der Waals surface area contributed by atoms with Gasteiger partial charge in [0.25, 0.3) is 0 Å². The molecule has 2 N–H and O–H groups in total. The Kier molecular flexibility index (Phi) is 3.62. The summed E-state index contributed by atoms with van der Waals surface area (Å²) in [4.78, 5) is 8.32. The molecule has 17 heavy (non-hydrogen) atoms. The molecule has 88 valence electrons. The Morgan fingerprint density at radius 2 is 1.94 bits per heavy atom. The highest BCUT2D eigenvalue weighted by atomic mass is 35.5. The molecule has 0 saturated carbocycles. The first-order valence-electron chi connectivity index (χ1n) is 5.08. The fourth-order valence-electron chi connectivity index (χ4n) is 1.52. The number of hydrogen-bond donors (Lipinski definition) is 1. The van der Waals surface area contributed by atoms with Crippen LogP contribution in [0, 0.1) is 6.92 Å². The van der Waals surface area contributed by atoms with Crippen LogP contribution in [-0.2, 0) is 0 Å². The summed E-state index contributed by atoms with van der Waals surface area (Å²) in [5, 5.41) is 1.01. The number of hydrogen-bond acceptors (Lipinski definition) is 3. The first-order chi connectivity index (χ1) is 8.08. The Bertz CT molecular complexity index is 543. The van der Waals surface area contributed by atoms with E-state index >= 15 is 0 Å². The third-order valence-corrected chi connectivity index (χ3v) is 3.16. The van der Waals surface area contributed by atoms with Crippen molar-refractivity contribution in [3.05, 3.63) is 57.6 Å². The van der Waals surface area contributed by atoms with Gasteiger partial charge >= 0.3 is 0 Å². The largest absolute Gasteiger partial charge is 0.319 e. The lowest BCUT2D eigenvalue weighted by molar-refractivity contribution is 0.807. The van der Waals surface area contributed by atoms with Gasteiger partial charge in [0.2, 0.25) is 0 Å². The lowest BCUT2D eigenvalue weighted by atomic mass is 10.0. The standard InChI is InChI=1S/C12H11Cl2N3/c1-7-16-5-4-11(17-7)12(15)8-2-3-9(13)10(14)6-8/h2-6,12H,15H2,1H3.